The maximum absolute atomic E-state index is 14.9. The van der Waals surface area contributed by atoms with E-state index >= 15 is 0 Å². The summed E-state index contributed by atoms with van der Waals surface area (Å²) in [6, 6.07) is 9.98. The molecule has 0 spiro atoms. The van der Waals surface area contributed by atoms with Gasteiger partial charge in [-0.2, -0.15) is 0 Å². The lowest BCUT2D eigenvalue weighted by molar-refractivity contribution is -0.143. The van der Waals surface area contributed by atoms with Crippen LogP contribution in [0, 0.1) is 29.5 Å². The van der Waals surface area contributed by atoms with Gasteiger partial charge in [0, 0.05) is 17.8 Å². The fourth-order valence-corrected chi connectivity index (χ4v) is 6.89. The van der Waals surface area contributed by atoms with E-state index in [-0.39, 0.29) is 52.9 Å². The van der Waals surface area contributed by atoms with Gasteiger partial charge in [-0.1, -0.05) is 26.0 Å². The Bertz CT molecular complexity index is 1310. The van der Waals surface area contributed by atoms with E-state index in [1.807, 2.05) is 24.3 Å². The number of carboxylic acids is 1. The molecule has 0 aliphatic heterocycles. The first-order chi connectivity index (χ1) is 19.6. The zero-order valence-corrected chi connectivity index (χ0v) is 23.8. The zero-order chi connectivity index (χ0) is 29.3. The van der Waals surface area contributed by atoms with Crippen molar-refractivity contribution in [2.75, 3.05) is 12.4 Å². The molecule has 8 nitrogen and oxygen atoms in total. The van der Waals surface area contributed by atoms with E-state index in [1.54, 1.807) is 0 Å². The first-order valence-electron chi connectivity index (χ1n) is 14.6. The summed E-state index contributed by atoms with van der Waals surface area (Å²) >= 11 is 0. The number of fused-ring (bicyclic) bond motifs is 2. The van der Waals surface area contributed by atoms with Crippen LogP contribution in [0.4, 0.5) is 10.1 Å². The average Bonchev–Trinajstić information content (AvgIpc) is 3.56. The van der Waals surface area contributed by atoms with Crippen LogP contribution in [0.25, 0.3) is 0 Å². The topological polar surface area (TPSA) is 114 Å². The summed E-state index contributed by atoms with van der Waals surface area (Å²) in [7, 11) is 1.37. The SMILES string of the molecule is COc1cc(F)c(OC2CCC(C(=O)O)CC2)cc1C(=O)NC1C2CCC(C2)C1C(=O)Nc1cccc(C(C)C)c1. The Labute approximate surface area is 240 Å². The third-order valence-corrected chi connectivity index (χ3v) is 9.15. The van der Waals surface area contributed by atoms with Gasteiger partial charge in [-0.3, -0.25) is 14.4 Å². The van der Waals surface area contributed by atoms with E-state index in [0.717, 1.165) is 36.6 Å². The summed E-state index contributed by atoms with van der Waals surface area (Å²) in [5.74, 6) is -2.08. The lowest BCUT2D eigenvalue weighted by atomic mass is 9.83. The molecule has 2 aromatic rings. The molecule has 0 heterocycles. The van der Waals surface area contributed by atoms with Crippen LogP contribution in [-0.2, 0) is 9.59 Å². The lowest BCUT2D eigenvalue weighted by Crippen LogP contribution is -2.48. The molecule has 220 valence electrons. The molecular weight excluding hydrogens is 527 g/mol. The Kier molecular flexibility index (Phi) is 8.52. The van der Waals surface area contributed by atoms with Crippen molar-refractivity contribution >= 4 is 23.5 Å². The Balaban J connectivity index is 1.31. The van der Waals surface area contributed by atoms with Crippen molar-refractivity contribution in [1.29, 1.82) is 0 Å². The number of hydrogen-bond donors (Lipinski definition) is 3. The Morgan fingerprint density at radius 1 is 0.976 bits per heavy atom. The van der Waals surface area contributed by atoms with Gasteiger partial charge in [0.25, 0.3) is 5.91 Å². The summed E-state index contributed by atoms with van der Waals surface area (Å²) in [6.45, 7) is 4.21. The van der Waals surface area contributed by atoms with Crippen molar-refractivity contribution in [2.45, 2.75) is 76.9 Å². The van der Waals surface area contributed by atoms with Crippen LogP contribution in [0.5, 0.6) is 11.5 Å². The molecule has 3 aliphatic carbocycles. The van der Waals surface area contributed by atoms with Crippen LogP contribution >= 0.6 is 0 Å². The van der Waals surface area contributed by atoms with Gasteiger partial charge in [-0.25, -0.2) is 4.39 Å². The van der Waals surface area contributed by atoms with Crippen molar-refractivity contribution in [1.82, 2.24) is 5.32 Å². The molecule has 3 aliphatic rings. The van der Waals surface area contributed by atoms with Crippen molar-refractivity contribution in [3.05, 3.63) is 53.3 Å². The van der Waals surface area contributed by atoms with Crippen molar-refractivity contribution in [2.24, 2.45) is 23.7 Å². The molecule has 3 N–H and O–H groups in total. The highest BCUT2D eigenvalue weighted by Gasteiger charge is 2.51. The Morgan fingerprint density at radius 3 is 2.39 bits per heavy atom. The van der Waals surface area contributed by atoms with Gasteiger partial charge in [0.05, 0.1) is 30.6 Å². The minimum atomic E-state index is -0.824. The second-order valence-corrected chi connectivity index (χ2v) is 12.0. The molecule has 2 bridgehead atoms. The lowest BCUT2D eigenvalue weighted by Gasteiger charge is -2.31. The molecule has 9 heteroatoms. The standard InChI is InChI=1S/C32H39FN2O6/c1-17(2)19-5-4-6-22(14-19)34-31(37)28-20-7-8-21(13-20)29(28)35-30(36)24-15-27(25(33)16-26(24)40-3)41-23-11-9-18(10-12-23)32(38)39/h4-6,14-18,20-21,23,28-29H,7-13H2,1-3H3,(H,34,37)(H,35,36)(H,38,39). The maximum Gasteiger partial charge on any atom is 0.306 e. The summed E-state index contributed by atoms with van der Waals surface area (Å²) in [6.07, 6.45) is 4.33. The smallest absolute Gasteiger partial charge is 0.306 e. The van der Waals surface area contributed by atoms with Crippen molar-refractivity contribution < 1.29 is 33.4 Å². The van der Waals surface area contributed by atoms with Crippen LogP contribution in [-0.4, -0.2) is 42.1 Å². The van der Waals surface area contributed by atoms with Gasteiger partial charge in [0.15, 0.2) is 11.6 Å². The molecule has 3 saturated carbocycles. The molecule has 0 saturated heterocycles. The van der Waals surface area contributed by atoms with Crippen LogP contribution in [0.2, 0.25) is 0 Å². The fourth-order valence-electron chi connectivity index (χ4n) is 6.89. The fraction of sp³-hybridized carbons (Fsp3) is 0.531. The Hall–Kier alpha value is -3.62. The number of anilines is 1. The summed E-state index contributed by atoms with van der Waals surface area (Å²) in [5, 5.41) is 15.4. The van der Waals surface area contributed by atoms with Gasteiger partial charge >= 0.3 is 5.97 Å². The van der Waals surface area contributed by atoms with Gasteiger partial charge in [-0.05, 0) is 86.5 Å². The zero-order valence-electron chi connectivity index (χ0n) is 23.8. The number of amides is 2. The van der Waals surface area contributed by atoms with E-state index in [1.165, 1.54) is 13.2 Å². The van der Waals surface area contributed by atoms with Crippen molar-refractivity contribution in [3.63, 3.8) is 0 Å². The number of nitrogens with one attached hydrogen (secondary N) is 2. The summed E-state index contributed by atoms with van der Waals surface area (Å²) in [4.78, 5) is 38.4. The van der Waals surface area contributed by atoms with E-state index in [2.05, 4.69) is 24.5 Å². The van der Waals surface area contributed by atoms with Crippen molar-refractivity contribution in [3.8, 4) is 11.5 Å². The van der Waals surface area contributed by atoms with Gasteiger partial charge in [0.2, 0.25) is 5.91 Å². The third-order valence-electron chi connectivity index (χ3n) is 9.15. The van der Waals surface area contributed by atoms with E-state index < -0.39 is 23.6 Å². The van der Waals surface area contributed by atoms with Crippen LogP contribution in [0.15, 0.2) is 36.4 Å². The van der Waals surface area contributed by atoms with Crippen LogP contribution in [0.1, 0.15) is 80.6 Å². The highest BCUT2D eigenvalue weighted by atomic mass is 19.1. The minimum Gasteiger partial charge on any atom is -0.496 e. The number of halogens is 1. The molecular formula is C32H39FN2O6. The molecule has 2 amide bonds. The molecule has 4 atom stereocenters. The Morgan fingerprint density at radius 2 is 1.71 bits per heavy atom. The van der Waals surface area contributed by atoms with Gasteiger partial charge in [-0.15, -0.1) is 0 Å². The number of rotatable bonds is 9. The second-order valence-electron chi connectivity index (χ2n) is 12.0. The van der Waals surface area contributed by atoms with Crippen LogP contribution < -0.4 is 20.1 Å². The average molecular weight is 567 g/mol. The highest BCUT2D eigenvalue weighted by Crippen LogP contribution is 2.49. The van der Waals surface area contributed by atoms with E-state index in [0.29, 0.717) is 31.6 Å². The maximum atomic E-state index is 14.9. The first kappa shape index (κ1) is 28.9. The normalized spacial score (nSPS) is 27.0. The number of carbonyl (C=O) groups is 3. The molecule has 0 aromatic heterocycles. The predicted molar refractivity (Wildman–Crippen MR) is 152 cm³/mol. The van der Waals surface area contributed by atoms with Gasteiger partial charge < -0.3 is 25.2 Å². The summed E-state index contributed by atoms with van der Waals surface area (Å²) in [5.41, 5.74) is 2.01. The minimum absolute atomic E-state index is 0.0676. The monoisotopic (exact) mass is 566 g/mol. The number of aliphatic carboxylic acids is 1. The van der Waals surface area contributed by atoms with Gasteiger partial charge in [0.1, 0.15) is 5.75 Å². The number of carbonyl (C=O) groups excluding carboxylic acids is 2. The predicted octanol–water partition coefficient (Wildman–Crippen LogP) is 5.76. The number of hydrogen-bond acceptors (Lipinski definition) is 5. The number of ether oxygens (including phenoxy) is 2. The molecule has 3 fully saturated rings. The summed E-state index contributed by atoms with van der Waals surface area (Å²) < 4.78 is 26.2. The molecule has 2 aromatic carbocycles. The largest absolute Gasteiger partial charge is 0.496 e. The highest BCUT2D eigenvalue weighted by molar-refractivity contribution is 5.99. The number of benzene rings is 2. The number of methoxy groups -OCH3 is 1. The van der Waals surface area contributed by atoms with E-state index in [9.17, 15) is 23.9 Å². The molecule has 0 radical (unpaired) electrons. The van der Waals surface area contributed by atoms with E-state index in [4.69, 9.17) is 9.47 Å². The quantitative estimate of drug-likeness (QED) is 0.356. The first-order valence-corrected chi connectivity index (χ1v) is 14.6. The van der Waals surface area contributed by atoms with Crippen LogP contribution in [0.3, 0.4) is 0 Å². The number of carboxylic acid groups (broad SMARTS) is 1. The third kappa shape index (κ3) is 6.19. The second kappa shape index (κ2) is 12.1. The molecule has 41 heavy (non-hydrogen) atoms. The molecule has 5 rings (SSSR count). The molecule has 4 unspecified atom stereocenters.